The molecule has 0 saturated carbocycles. The summed E-state index contributed by atoms with van der Waals surface area (Å²) < 4.78 is 1.67. The Hall–Kier alpha value is -4.32. The molecular weight excluding hydrogens is 470 g/mol. The standard InChI is InChI=1S/C25H29N11O/c1-15-21(25(2,3)36-24(34(15)4)31-32-33-36)23(37)28-17-5-6-19-18(14-17)22(30-29-19)16-7-8-27-20(13-16)35-11-9-26-10-12-35/h5-8,13-14,26H,9-12H2,1-4H3,(H,28,37)(H,29,30). The summed E-state index contributed by atoms with van der Waals surface area (Å²) >= 11 is 0. The largest absolute Gasteiger partial charge is 0.354 e. The van der Waals surface area contributed by atoms with Gasteiger partial charge in [0.1, 0.15) is 11.5 Å². The lowest BCUT2D eigenvalue weighted by molar-refractivity contribution is -0.113. The van der Waals surface area contributed by atoms with Crippen molar-refractivity contribution in [2.75, 3.05) is 48.3 Å². The summed E-state index contributed by atoms with van der Waals surface area (Å²) in [5, 5.41) is 27.1. The number of allylic oxidation sites excluding steroid dienone is 1. The van der Waals surface area contributed by atoms with Crippen LogP contribution in [0.3, 0.4) is 0 Å². The number of hydrogen-bond donors (Lipinski definition) is 3. The minimum Gasteiger partial charge on any atom is -0.354 e. The Morgan fingerprint density at radius 1 is 1.14 bits per heavy atom. The Morgan fingerprint density at radius 2 is 1.95 bits per heavy atom. The molecule has 4 aromatic rings. The van der Waals surface area contributed by atoms with Gasteiger partial charge in [-0.15, -0.1) is 0 Å². The zero-order valence-electron chi connectivity index (χ0n) is 21.3. The van der Waals surface area contributed by atoms with Crippen LogP contribution in [-0.2, 0) is 10.3 Å². The fourth-order valence-electron chi connectivity index (χ4n) is 5.20. The number of aromatic nitrogens is 7. The normalized spacial score (nSPS) is 17.3. The van der Waals surface area contributed by atoms with Crippen molar-refractivity contribution < 1.29 is 4.79 Å². The van der Waals surface area contributed by atoms with E-state index in [0.717, 1.165) is 59.9 Å². The van der Waals surface area contributed by atoms with Gasteiger partial charge in [-0.25, -0.2) is 9.67 Å². The molecule has 1 fully saturated rings. The zero-order valence-corrected chi connectivity index (χ0v) is 21.3. The van der Waals surface area contributed by atoms with Crippen LogP contribution in [0.25, 0.3) is 22.2 Å². The van der Waals surface area contributed by atoms with Gasteiger partial charge in [-0.05, 0) is 61.5 Å². The van der Waals surface area contributed by atoms with Crippen LogP contribution in [0, 0.1) is 0 Å². The number of carbonyl (C=O) groups excluding carboxylic acids is 1. The van der Waals surface area contributed by atoms with Gasteiger partial charge in [0.2, 0.25) is 5.95 Å². The second-order valence-corrected chi connectivity index (χ2v) is 9.90. The summed E-state index contributed by atoms with van der Waals surface area (Å²) in [6.07, 6.45) is 1.82. The lowest BCUT2D eigenvalue weighted by Gasteiger charge is -2.37. The van der Waals surface area contributed by atoms with E-state index < -0.39 is 5.54 Å². The van der Waals surface area contributed by atoms with Crippen LogP contribution >= 0.6 is 0 Å². The first-order valence-corrected chi connectivity index (χ1v) is 12.3. The number of amides is 1. The third-order valence-corrected chi connectivity index (χ3v) is 7.27. The van der Waals surface area contributed by atoms with E-state index in [1.165, 1.54) is 0 Å². The first kappa shape index (κ1) is 23.1. The number of hydrogen-bond acceptors (Lipinski definition) is 9. The summed E-state index contributed by atoms with van der Waals surface area (Å²) in [5.41, 5.74) is 4.03. The van der Waals surface area contributed by atoms with Crippen molar-refractivity contribution >= 4 is 34.3 Å². The number of piperazine rings is 1. The van der Waals surface area contributed by atoms with Crippen LogP contribution in [0.15, 0.2) is 47.8 Å². The molecule has 12 heteroatoms. The molecule has 0 unspecified atom stereocenters. The van der Waals surface area contributed by atoms with E-state index in [0.29, 0.717) is 17.2 Å². The van der Waals surface area contributed by atoms with Crippen LogP contribution in [0.2, 0.25) is 0 Å². The van der Waals surface area contributed by atoms with Crippen molar-refractivity contribution in [2.24, 2.45) is 0 Å². The quantitative estimate of drug-likeness (QED) is 0.386. The van der Waals surface area contributed by atoms with Gasteiger partial charge in [-0.3, -0.25) is 9.89 Å². The highest BCUT2D eigenvalue weighted by molar-refractivity contribution is 6.07. The highest BCUT2D eigenvalue weighted by atomic mass is 16.1. The molecule has 0 radical (unpaired) electrons. The number of rotatable bonds is 4. The van der Waals surface area contributed by atoms with E-state index >= 15 is 0 Å². The molecule has 0 atom stereocenters. The van der Waals surface area contributed by atoms with Gasteiger partial charge in [-0.2, -0.15) is 5.10 Å². The van der Waals surface area contributed by atoms with E-state index in [4.69, 9.17) is 0 Å². The minimum atomic E-state index is -0.720. The van der Waals surface area contributed by atoms with Gasteiger partial charge < -0.3 is 20.4 Å². The Labute approximate surface area is 213 Å². The number of carbonyl (C=O) groups is 1. The van der Waals surface area contributed by atoms with E-state index in [9.17, 15) is 4.79 Å². The van der Waals surface area contributed by atoms with Crippen LogP contribution in [0.4, 0.5) is 17.5 Å². The summed E-state index contributed by atoms with van der Waals surface area (Å²) in [4.78, 5) is 22.3. The fraction of sp³-hybridized carbons (Fsp3) is 0.360. The second kappa shape index (κ2) is 8.66. The van der Waals surface area contributed by atoms with Crippen molar-refractivity contribution in [3.63, 3.8) is 0 Å². The van der Waals surface area contributed by atoms with E-state index in [1.54, 1.807) is 4.68 Å². The van der Waals surface area contributed by atoms with Crippen molar-refractivity contribution in [3.05, 3.63) is 47.8 Å². The van der Waals surface area contributed by atoms with Crippen LogP contribution < -0.4 is 20.4 Å². The Kier molecular flexibility index (Phi) is 5.41. The minimum absolute atomic E-state index is 0.204. The number of anilines is 3. The molecule has 2 aliphatic heterocycles. The lowest BCUT2D eigenvalue weighted by Crippen LogP contribution is -2.44. The van der Waals surface area contributed by atoms with Gasteiger partial charge in [-0.1, -0.05) is 5.10 Å². The number of benzene rings is 1. The van der Waals surface area contributed by atoms with Gasteiger partial charge in [0.05, 0.1) is 16.6 Å². The topological polar surface area (TPSA) is 133 Å². The molecule has 2 aliphatic rings. The van der Waals surface area contributed by atoms with Gasteiger partial charge in [0.25, 0.3) is 5.91 Å². The summed E-state index contributed by atoms with van der Waals surface area (Å²) in [6.45, 7) is 9.51. The molecular formula is C25H29N11O. The van der Waals surface area contributed by atoms with Crippen molar-refractivity contribution in [1.82, 2.24) is 40.7 Å². The van der Waals surface area contributed by atoms with Crippen molar-refractivity contribution in [1.29, 1.82) is 0 Å². The van der Waals surface area contributed by atoms with Crippen LogP contribution in [0.5, 0.6) is 0 Å². The highest BCUT2D eigenvalue weighted by Crippen LogP contribution is 2.37. The van der Waals surface area contributed by atoms with Crippen LogP contribution in [-0.4, -0.2) is 74.5 Å². The Bertz CT molecular complexity index is 1530. The molecule has 0 spiro atoms. The highest BCUT2D eigenvalue weighted by Gasteiger charge is 2.41. The molecule has 3 aromatic heterocycles. The second-order valence-electron chi connectivity index (χ2n) is 9.90. The third kappa shape index (κ3) is 3.80. The number of nitrogens with one attached hydrogen (secondary N) is 3. The van der Waals surface area contributed by atoms with Gasteiger partial charge >= 0.3 is 0 Å². The molecule has 3 N–H and O–H groups in total. The number of H-pyrrole nitrogens is 1. The molecule has 37 heavy (non-hydrogen) atoms. The maximum absolute atomic E-state index is 13.6. The molecule has 5 heterocycles. The molecule has 0 bridgehead atoms. The van der Waals surface area contributed by atoms with Crippen LogP contribution in [0.1, 0.15) is 20.8 Å². The first-order valence-electron chi connectivity index (χ1n) is 12.3. The Balaban J connectivity index is 1.32. The molecule has 1 saturated heterocycles. The number of pyridine rings is 1. The van der Waals surface area contributed by atoms with Crippen molar-refractivity contribution in [2.45, 2.75) is 26.3 Å². The van der Waals surface area contributed by atoms with Crippen molar-refractivity contribution in [3.8, 4) is 11.3 Å². The Morgan fingerprint density at radius 3 is 2.76 bits per heavy atom. The molecule has 1 aromatic carbocycles. The number of nitrogens with zero attached hydrogens (tertiary/aromatic N) is 8. The summed E-state index contributed by atoms with van der Waals surface area (Å²) in [5.74, 6) is 1.33. The number of tetrazole rings is 1. The molecule has 0 aliphatic carbocycles. The van der Waals surface area contributed by atoms with E-state index in [-0.39, 0.29) is 5.91 Å². The van der Waals surface area contributed by atoms with E-state index in [2.05, 4.69) is 52.3 Å². The maximum atomic E-state index is 13.6. The fourth-order valence-corrected chi connectivity index (χ4v) is 5.20. The van der Waals surface area contributed by atoms with E-state index in [1.807, 2.05) is 63.2 Å². The predicted octanol–water partition coefficient (Wildman–Crippen LogP) is 2.12. The third-order valence-electron chi connectivity index (χ3n) is 7.27. The number of fused-ring (bicyclic) bond motifs is 2. The SMILES string of the molecule is CC1=C(C(=O)Nc2ccc3[nH]nc(-c4ccnc(N5CCNCC5)c4)c3c2)C(C)(C)n2nnnc2N1C. The predicted molar refractivity (Wildman–Crippen MR) is 141 cm³/mol. The monoisotopic (exact) mass is 499 g/mol. The lowest BCUT2D eigenvalue weighted by atomic mass is 9.89. The molecule has 1 amide bonds. The van der Waals surface area contributed by atoms with Gasteiger partial charge in [0.15, 0.2) is 0 Å². The average molecular weight is 500 g/mol. The number of aromatic amines is 1. The summed E-state index contributed by atoms with van der Waals surface area (Å²) in [6, 6.07) is 9.79. The zero-order chi connectivity index (χ0) is 25.7. The molecule has 190 valence electrons. The van der Waals surface area contributed by atoms with Gasteiger partial charge in [0, 0.05) is 61.8 Å². The summed E-state index contributed by atoms with van der Waals surface area (Å²) in [7, 11) is 1.85. The smallest absolute Gasteiger partial charge is 0.255 e. The molecule has 6 rings (SSSR count). The molecule has 12 nitrogen and oxygen atoms in total. The average Bonchev–Trinajstić information content (AvgIpc) is 3.56. The maximum Gasteiger partial charge on any atom is 0.255 e. The first-order chi connectivity index (χ1) is 17.8.